The molecule has 1 aromatic heterocycles. The first-order valence-electron chi connectivity index (χ1n) is 9.11. The average molecular weight is 480 g/mol. The first kappa shape index (κ1) is 22.6. The van der Waals surface area contributed by atoms with Gasteiger partial charge in [0, 0.05) is 50.8 Å². The Bertz CT molecular complexity index is 515. The SMILES string of the molecule is CCOCCC1(CNC(=NC)NCCc2ncc(C)s2)CCCC1.I. The van der Waals surface area contributed by atoms with E-state index in [0.717, 1.165) is 45.1 Å². The van der Waals surface area contributed by atoms with Crippen molar-refractivity contribution < 1.29 is 4.74 Å². The van der Waals surface area contributed by atoms with Crippen LogP contribution in [0.25, 0.3) is 0 Å². The number of hydrogen-bond donors (Lipinski definition) is 2. The van der Waals surface area contributed by atoms with E-state index in [2.05, 4.69) is 34.5 Å². The molecule has 1 aromatic rings. The van der Waals surface area contributed by atoms with Gasteiger partial charge in [0.2, 0.25) is 0 Å². The summed E-state index contributed by atoms with van der Waals surface area (Å²) >= 11 is 1.77. The zero-order valence-corrected chi connectivity index (χ0v) is 18.9. The Balaban J connectivity index is 0.00000312. The Morgan fingerprint density at radius 2 is 2.12 bits per heavy atom. The molecule has 0 radical (unpaired) electrons. The lowest BCUT2D eigenvalue weighted by molar-refractivity contribution is 0.105. The summed E-state index contributed by atoms with van der Waals surface area (Å²) < 4.78 is 5.59. The second-order valence-corrected chi connectivity index (χ2v) is 7.94. The molecule has 5 nitrogen and oxygen atoms in total. The van der Waals surface area contributed by atoms with Crippen LogP contribution in [-0.4, -0.2) is 44.3 Å². The van der Waals surface area contributed by atoms with Crippen molar-refractivity contribution in [3.8, 4) is 0 Å². The number of aromatic nitrogens is 1. The van der Waals surface area contributed by atoms with Gasteiger partial charge < -0.3 is 15.4 Å². The maximum Gasteiger partial charge on any atom is 0.191 e. The van der Waals surface area contributed by atoms with Crippen LogP contribution >= 0.6 is 35.3 Å². The van der Waals surface area contributed by atoms with Crippen molar-refractivity contribution in [1.82, 2.24) is 15.6 Å². The van der Waals surface area contributed by atoms with Crippen molar-refractivity contribution >= 4 is 41.3 Å². The minimum absolute atomic E-state index is 0. The van der Waals surface area contributed by atoms with Crippen LogP contribution in [-0.2, 0) is 11.2 Å². The molecule has 0 saturated heterocycles. The van der Waals surface area contributed by atoms with Crippen LogP contribution in [0.3, 0.4) is 0 Å². The van der Waals surface area contributed by atoms with Gasteiger partial charge in [0.05, 0.1) is 5.01 Å². The second kappa shape index (κ2) is 12.1. The number of rotatable bonds is 9. The normalized spacial score (nSPS) is 16.5. The van der Waals surface area contributed by atoms with Gasteiger partial charge in [-0.3, -0.25) is 4.99 Å². The Hall–Kier alpha value is -0.410. The Morgan fingerprint density at radius 3 is 2.72 bits per heavy atom. The third kappa shape index (κ3) is 7.78. The molecular weight excluding hydrogens is 447 g/mol. The van der Waals surface area contributed by atoms with Crippen molar-refractivity contribution in [3.05, 3.63) is 16.1 Å². The fraction of sp³-hybridized carbons (Fsp3) is 0.778. The summed E-state index contributed by atoms with van der Waals surface area (Å²) in [4.78, 5) is 10.0. The van der Waals surface area contributed by atoms with Gasteiger partial charge in [-0.25, -0.2) is 4.98 Å². The summed E-state index contributed by atoms with van der Waals surface area (Å²) in [5.74, 6) is 0.894. The topological polar surface area (TPSA) is 58.5 Å². The summed E-state index contributed by atoms with van der Waals surface area (Å²) in [5.41, 5.74) is 0.374. The molecule has 0 amide bonds. The summed E-state index contributed by atoms with van der Waals surface area (Å²) in [6, 6.07) is 0. The van der Waals surface area contributed by atoms with Crippen molar-refractivity contribution in [2.24, 2.45) is 10.4 Å². The molecule has 1 aliphatic carbocycles. The zero-order valence-electron chi connectivity index (χ0n) is 15.8. The van der Waals surface area contributed by atoms with Crippen molar-refractivity contribution in [2.75, 3.05) is 33.4 Å². The molecule has 1 aliphatic rings. The predicted octanol–water partition coefficient (Wildman–Crippen LogP) is 3.76. The average Bonchev–Trinajstić information content (AvgIpc) is 3.21. The van der Waals surface area contributed by atoms with E-state index in [1.807, 2.05) is 13.2 Å². The molecule has 1 fully saturated rings. The smallest absolute Gasteiger partial charge is 0.191 e. The number of nitrogens with zero attached hydrogens (tertiary/aromatic N) is 2. The molecule has 0 unspecified atom stereocenters. The van der Waals surface area contributed by atoms with Gasteiger partial charge in [0.15, 0.2) is 5.96 Å². The summed E-state index contributed by atoms with van der Waals surface area (Å²) in [5, 5.41) is 8.13. The fourth-order valence-corrected chi connectivity index (χ4v) is 4.16. The fourth-order valence-electron chi connectivity index (χ4n) is 3.37. The van der Waals surface area contributed by atoms with Gasteiger partial charge in [-0.2, -0.15) is 0 Å². The maximum absolute atomic E-state index is 5.59. The van der Waals surface area contributed by atoms with Gasteiger partial charge in [0.25, 0.3) is 0 Å². The number of aliphatic imine (C=N–C) groups is 1. The quantitative estimate of drug-likeness (QED) is 0.245. The van der Waals surface area contributed by atoms with Crippen molar-refractivity contribution in [3.63, 3.8) is 0 Å². The molecule has 0 bridgehead atoms. The van der Waals surface area contributed by atoms with E-state index in [0.29, 0.717) is 5.41 Å². The summed E-state index contributed by atoms with van der Waals surface area (Å²) in [6.45, 7) is 7.68. The lowest BCUT2D eigenvalue weighted by Crippen LogP contribution is -2.44. The third-order valence-corrected chi connectivity index (χ3v) is 5.77. The van der Waals surface area contributed by atoms with Gasteiger partial charge in [-0.15, -0.1) is 35.3 Å². The summed E-state index contributed by atoms with van der Waals surface area (Å²) in [7, 11) is 1.84. The van der Waals surface area contributed by atoms with Crippen LogP contribution in [0.5, 0.6) is 0 Å². The highest BCUT2D eigenvalue weighted by atomic mass is 127. The van der Waals surface area contributed by atoms with Crippen LogP contribution in [0.2, 0.25) is 0 Å². The molecule has 2 rings (SSSR count). The maximum atomic E-state index is 5.59. The Kier molecular flexibility index (Phi) is 10.9. The lowest BCUT2D eigenvalue weighted by atomic mass is 9.83. The Labute approximate surface area is 173 Å². The molecule has 1 saturated carbocycles. The van der Waals surface area contributed by atoms with Crippen LogP contribution in [0.4, 0.5) is 0 Å². The van der Waals surface area contributed by atoms with E-state index in [-0.39, 0.29) is 24.0 Å². The van der Waals surface area contributed by atoms with Crippen LogP contribution < -0.4 is 10.6 Å². The monoisotopic (exact) mass is 480 g/mol. The van der Waals surface area contributed by atoms with E-state index in [4.69, 9.17) is 4.74 Å². The molecule has 1 heterocycles. The van der Waals surface area contributed by atoms with Crippen molar-refractivity contribution in [1.29, 1.82) is 0 Å². The predicted molar refractivity (Wildman–Crippen MR) is 117 cm³/mol. The first-order chi connectivity index (χ1) is 11.7. The number of hydrogen-bond acceptors (Lipinski definition) is 4. The largest absolute Gasteiger partial charge is 0.382 e. The molecular formula is C18H33IN4OS. The van der Waals surface area contributed by atoms with E-state index in [9.17, 15) is 0 Å². The molecule has 2 N–H and O–H groups in total. The zero-order chi connectivity index (χ0) is 17.3. The van der Waals surface area contributed by atoms with Crippen LogP contribution in [0.1, 0.15) is 48.9 Å². The standard InChI is InChI=1S/C18H32N4OS.HI/c1-4-23-12-10-18(8-5-6-9-18)14-22-17(19-3)20-11-7-16-21-13-15(2)24-16;/h13H,4-12,14H2,1-3H3,(H2,19,20,22);1H. The van der Waals surface area contributed by atoms with E-state index < -0.39 is 0 Å². The van der Waals surface area contributed by atoms with Gasteiger partial charge in [-0.1, -0.05) is 12.8 Å². The molecule has 144 valence electrons. The minimum Gasteiger partial charge on any atom is -0.382 e. The lowest BCUT2D eigenvalue weighted by Gasteiger charge is -2.30. The molecule has 0 spiro atoms. The number of aryl methyl sites for hydroxylation is 1. The second-order valence-electron chi connectivity index (χ2n) is 6.62. The third-order valence-electron chi connectivity index (χ3n) is 4.80. The molecule has 0 aromatic carbocycles. The van der Waals surface area contributed by atoms with Crippen molar-refractivity contribution in [2.45, 2.75) is 52.4 Å². The number of halogens is 1. The van der Waals surface area contributed by atoms with E-state index >= 15 is 0 Å². The number of nitrogens with one attached hydrogen (secondary N) is 2. The summed E-state index contributed by atoms with van der Waals surface area (Å²) in [6.07, 6.45) is 9.28. The van der Waals surface area contributed by atoms with E-state index in [1.165, 1.54) is 35.6 Å². The number of thiazole rings is 1. The Morgan fingerprint density at radius 1 is 1.36 bits per heavy atom. The van der Waals surface area contributed by atoms with E-state index in [1.54, 1.807) is 11.3 Å². The van der Waals surface area contributed by atoms with Crippen LogP contribution in [0, 0.1) is 12.3 Å². The highest BCUT2D eigenvalue weighted by molar-refractivity contribution is 14.0. The van der Waals surface area contributed by atoms with Gasteiger partial charge >= 0.3 is 0 Å². The van der Waals surface area contributed by atoms with Crippen LogP contribution in [0.15, 0.2) is 11.2 Å². The minimum atomic E-state index is 0. The molecule has 7 heteroatoms. The molecule has 0 aliphatic heterocycles. The highest BCUT2D eigenvalue weighted by Gasteiger charge is 2.33. The number of ether oxygens (including phenoxy) is 1. The highest BCUT2D eigenvalue weighted by Crippen LogP contribution is 2.40. The molecule has 25 heavy (non-hydrogen) atoms. The van der Waals surface area contributed by atoms with Gasteiger partial charge in [-0.05, 0) is 38.5 Å². The van der Waals surface area contributed by atoms with Gasteiger partial charge in [0.1, 0.15) is 0 Å². The first-order valence-corrected chi connectivity index (χ1v) is 9.93. The number of guanidine groups is 1. The molecule has 0 atom stereocenters.